The Balaban J connectivity index is 1.88. The summed E-state index contributed by atoms with van der Waals surface area (Å²) < 4.78 is 9.78. The fourth-order valence-electron chi connectivity index (χ4n) is 5.00. The average molecular weight is 747 g/mol. The van der Waals surface area contributed by atoms with Crippen molar-refractivity contribution >= 4 is 77.3 Å². The van der Waals surface area contributed by atoms with Gasteiger partial charge >= 0.3 is 275 Å². The van der Waals surface area contributed by atoms with Crippen LogP contribution in [-0.4, -0.2) is 72.6 Å². The third-order valence-corrected chi connectivity index (χ3v) is 18.0. The molecule has 10 nitrogen and oxygen atoms in total. The standard InChI is InChI=1S/C34H41BrN3O7PS/c1-3-44-31(40)22-37-33(42)29(38-30(39)21-20-28(36)34(43)45-4-2)24-47-32(41)23-46(35,25-14-8-5-9-15-25,26-16-10-6-11-17-26)27-18-12-7-13-19-27/h5-19,28-29H,3-4,20-24,36H2,1-2H3,(H,37,42)(H,38,39)/t28-,29-/m0/s1. The molecule has 2 atom stereocenters. The van der Waals surface area contributed by atoms with E-state index < -0.39 is 47.7 Å². The van der Waals surface area contributed by atoms with E-state index in [0.29, 0.717) is 0 Å². The maximum absolute atomic E-state index is 14.1. The molecule has 0 radical (unpaired) electrons. The Morgan fingerprint density at radius 3 is 1.77 bits per heavy atom. The Bertz CT molecular complexity index is 1420. The maximum atomic E-state index is 14.1. The zero-order valence-electron chi connectivity index (χ0n) is 26.4. The number of nitrogens with two attached hydrogens (primary N) is 1. The SMILES string of the molecule is CCOC(=O)CNC(=O)[C@H](CSC(=O)CP(Br)(c1ccccc1)(c1ccccc1)c1ccccc1)NC(=O)CC[C@H](N)C(=O)OCC. The van der Waals surface area contributed by atoms with E-state index in [4.69, 9.17) is 15.2 Å². The average Bonchev–Trinajstić information content (AvgIpc) is 3.09. The summed E-state index contributed by atoms with van der Waals surface area (Å²) in [6.45, 7) is 3.19. The Morgan fingerprint density at radius 1 is 0.809 bits per heavy atom. The molecule has 0 aromatic heterocycles. The molecule has 0 bridgehead atoms. The first-order valence-electron chi connectivity index (χ1n) is 15.2. The van der Waals surface area contributed by atoms with Crippen LogP contribution < -0.4 is 32.3 Å². The van der Waals surface area contributed by atoms with Gasteiger partial charge in [-0.3, -0.25) is 0 Å². The van der Waals surface area contributed by atoms with Crippen LogP contribution in [0.15, 0.2) is 91.0 Å². The van der Waals surface area contributed by atoms with Crippen molar-refractivity contribution in [1.29, 1.82) is 0 Å². The molecule has 252 valence electrons. The number of esters is 2. The Morgan fingerprint density at radius 2 is 1.30 bits per heavy atom. The van der Waals surface area contributed by atoms with Crippen molar-refractivity contribution in [1.82, 2.24) is 10.6 Å². The molecule has 0 saturated carbocycles. The van der Waals surface area contributed by atoms with Gasteiger partial charge in [-0.25, -0.2) is 0 Å². The first-order chi connectivity index (χ1) is 22.5. The molecular weight excluding hydrogens is 705 g/mol. The summed E-state index contributed by atoms with van der Waals surface area (Å²) in [5, 5.41) is 4.19. The number of halogens is 1. The number of ether oxygens (including phenoxy) is 2. The van der Waals surface area contributed by atoms with E-state index in [1.54, 1.807) is 13.8 Å². The van der Waals surface area contributed by atoms with Gasteiger partial charge in [-0.05, 0) is 6.92 Å². The van der Waals surface area contributed by atoms with Crippen LogP contribution in [-0.2, 0) is 33.4 Å². The molecule has 0 heterocycles. The zero-order valence-corrected chi connectivity index (χ0v) is 29.7. The van der Waals surface area contributed by atoms with Gasteiger partial charge in [0.05, 0.1) is 6.61 Å². The molecular formula is C34H41BrN3O7PS. The van der Waals surface area contributed by atoms with Crippen molar-refractivity contribution in [2.75, 3.05) is 31.7 Å². The Hall–Kier alpha value is -3.57. The second-order valence-corrected chi connectivity index (χ2v) is 20.6. The van der Waals surface area contributed by atoms with Crippen molar-refractivity contribution in [2.24, 2.45) is 5.73 Å². The van der Waals surface area contributed by atoms with Crippen LogP contribution in [0.2, 0.25) is 0 Å². The fraction of sp³-hybridized carbons (Fsp3) is 0.324. The minimum absolute atomic E-state index is 0.00264. The van der Waals surface area contributed by atoms with Crippen LogP contribution in [0.4, 0.5) is 0 Å². The number of benzene rings is 3. The van der Waals surface area contributed by atoms with Crippen molar-refractivity contribution in [3.8, 4) is 0 Å². The second kappa shape index (κ2) is 18.1. The third-order valence-electron chi connectivity index (χ3n) is 7.36. The summed E-state index contributed by atoms with van der Waals surface area (Å²) in [6.07, 6.45) is -0.0839. The molecule has 3 rings (SSSR count). The van der Waals surface area contributed by atoms with E-state index in [0.717, 1.165) is 27.7 Å². The zero-order chi connectivity index (χ0) is 34.3. The monoisotopic (exact) mass is 745 g/mol. The van der Waals surface area contributed by atoms with Crippen molar-refractivity contribution in [3.63, 3.8) is 0 Å². The second-order valence-electron chi connectivity index (χ2n) is 10.6. The molecule has 0 spiro atoms. The fourth-order valence-corrected chi connectivity index (χ4v) is 14.3. The first-order valence-corrected chi connectivity index (χ1v) is 20.7. The van der Waals surface area contributed by atoms with Gasteiger partial charge in [0.25, 0.3) is 0 Å². The van der Waals surface area contributed by atoms with Crippen LogP contribution in [0.5, 0.6) is 0 Å². The minimum atomic E-state index is -3.59. The normalized spacial score (nSPS) is 13.2. The number of amides is 2. The van der Waals surface area contributed by atoms with Gasteiger partial charge in [-0.2, -0.15) is 0 Å². The molecule has 0 aliphatic carbocycles. The number of nitrogens with one attached hydrogen (secondary N) is 2. The van der Waals surface area contributed by atoms with Gasteiger partial charge in [0.1, 0.15) is 0 Å². The van der Waals surface area contributed by atoms with Crippen LogP contribution >= 0.6 is 32.6 Å². The summed E-state index contributed by atoms with van der Waals surface area (Å²) in [5.41, 5.74) is 5.83. The predicted octanol–water partition coefficient (Wildman–Crippen LogP) is 2.92. The van der Waals surface area contributed by atoms with Crippen molar-refractivity contribution < 1.29 is 33.4 Å². The minimum Gasteiger partial charge on any atom is -0.0305 e. The Kier molecular flexibility index (Phi) is 14.6. The van der Waals surface area contributed by atoms with Crippen molar-refractivity contribution in [3.05, 3.63) is 91.0 Å². The molecule has 0 fully saturated rings. The summed E-state index contributed by atoms with van der Waals surface area (Å²) in [6, 6.07) is 27.3. The van der Waals surface area contributed by atoms with E-state index in [1.165, 1.54) is 0 Å². The molecule has 13 heteroatoms. The van der Waals surface area contributed by atoms with Crippen LogP contribution in [0, 0.1) is 0 Å². The molecule has 0 aliphatic heterocycles. The molecule has 3 aromatic rings. The molecule has 47 heavy (non-hydrogen) atoms. The molecule has 0 aliphatic rings. The van der Waals surface area contributed by atoms with Gasteiger partial charge in [0, 0.05) is 0 Å². The van der Waals surface area contributed by atoms with Crippen LogP contribution in [0.1, 0.15) is 26.7 Å². The van der Waals surface area contributed by atoms with Crippen molar-refractivity contribution in [2.45, 2.75) is 38.8 Å². The molecule has 4 N–H and O–H groups in total. The molecule has 2 amide bonds. The summed E-state index contributed by atoms with van der Waals surface area (Å²) >= 11 is 5.17. The van der Waals surface area contributed by atoms with Gasteiger partial charge in [0.15, 0.2) is 0 Å². The van der Waals surface area contributed by atoms with E-state index in [1.807, 2.05) is 91.0 Å². The number of hydrogen-bond acceptors (Lipinski definition) is 9. The molecule has 0 saturated heterocycles. The predicted molar refractivity (Wildman–Crippen MR) is 192 cm³/mol. The number of carbonyl (C=O) groups excluding carboxylic acids is 5. The van der Waals surface area contributed by atoms with Crippen LogP contribution in [0.3, 0.4) is 0 Å². The van der Waals surface area contributed by atoms with Gasteiger partial charge in [0.2, 0.25) is 0 Å². The molecule has 0 unspecified atom stereocenters. The van der Waals surface area contributed by atoms with Gasteiger partial charge in [-0.15, -0.1) is 0 Å². The topological polar surface area (TPSA) is 154 Å². The van der Waals surface area contributed by atoms with E-state index in [9.17, 15) is 24.0 Å². The van der Waals surface area contributed by atoms with E-state index in [2.05, 4.69) is 26.1 Å². The van der Waals surface area contributed by atoms with Crippen LogP contribution in [0.25, 0.3) is 0 Å². The molecule has 3 aromatic carbocycles. The summed E-state index contributed by atoms with van der Waals surface area (Å²) in [7, 11) is 0. The number of hydrogen-bond donors (Lipinski definition) is 3. The summed E-state index contributed by atoms with van der Waals surface area (Å²) in [5.74, 6) is -2.59. The quantitative estimate of drug-likeness (QED) is 0.140. The number of rotatable bonds is 17. The Labute approximate surface area is 287 Å². The third kappa shape index (κ3) is 9.96. The summed E-state index contributed by atoms with van der Waals surface area (Å²) in [4.78, 5) is 63.9. The first kappa shape index (κ1) is 37.9. The van der Waals surface area contributed by atoms with E-state index >= 15 is 0 Å². The smallest absolute Gasteiger partial charge is 0.0305 e. The van der Waals surface area contributed by atoms with Gasteiger partial charge < -0.3 is 0 Å². The van der Waals surface area contributed by atoms with Gasteiger partial charge in [-0.1, -0.05) is 0 Å². The van der Waals surface area contributed by atoms with E-state index in [-0.39, 0.29) is 43.1 Å². The number of thioether (sulfide) groups is 1. The number of carbonyl (C=O) groups is 5.